The number of aromatic nitrogens is 4. The molecule has 2 atom stereocenters. The topological polar surface area (TPSA) is 163 Å². The van der Waals surface area contributed by atoms with Gasteiger partial charge in [0.2, 0.25) is 5.13 Å². The Morgan fingerprint density at radius 2 is 1.59 bits per heavy atom. The lowest BCUT2D eigenvalue weighted by atomic mass is 10.0. The fourth-order valence-corrected chi connectivity index (χ4v) is 5.57. The monoisotopic (exact) mass is 640 g/mol. The van der Waals surface area contributed by atoms with Gasteiger partial charge in [-0.1, -0.05) is 84.1 Å². The van der Waals surface area contributed by atoms with Crippen LogP contribution >= 0.6 is 11.3 Å². The number of nitrogens with one attached hydrogen (secondary N) is 2. The first-order valence-corrected chi connectivity index (χ1v) is 15.9. The van der Waals surface area contributed by atoms with Crippen LogP contribution in [0.5, 0.6) is 5.75 Å². The molecule has 0 aliphatic rings. The lowest BCUT2D eigenvalue weighted by molar-refractivity contribution is -0.124. The Labute approximate surface area is 271 Å². The second-order valence-electron chi connectivity index (χ2n) is 10.6. The van der Waals surface area contributed by atoms with Gasteiger partial charge in [0.05, 0.1) is 12.3 Å². The molecule has 5 N–H and O–H groups in total. The molecular weight excluding hydrogens is 604 g/mol. The number of carbonyl (C=O) groups is 1. The first kappa shape index (κ1) is 32.6. The van der Waals surface area contributed by atoms with Gasteiger partial charge in [-0.05, 0) is 54.2 Å². The van der Waals surface area contributed by atoms with E-state index < -0.39 is 18.2 Å². The van der Waals surface area contributed by atoms with Gasteiger partial charge in [-0.25, -0.2) is 0 Å². The Kier molecular flexibility index (Phi) is 11.7. The number of rotatable bonds is 16. The van der Waals surface area contributed by atoms with Crippen LogP contribution in [-0.4, -0.2) is 61.1 Å². The third kappa shape index (κ3) is 9.38. The van der Waals surface area contributed by atoms with Gasteiger partial charge in [-0.3, -0.25) is 10.1 Å². The largest absolute Gasteiger partial charge is 0.491 e. The average molecular weight is 641 g/mol. The van der Waals surface area contributed by atoms with Gasteiger partial charge in [-0.2, -0.15) is 5.10 Å². The highest BCUT2D eigenvalue weighted by atomic mass is 32.1. The molecule has 5 rings (SSSR count). The van der Waals surface area contributed by atoms with E-state index in [1.165, 1.54) is 11.3 Å². The van der Waals surface area contributed by atoms with Crippen molar-refractivity contribution in [2.24, 2.45) is 0 Å². The quantitative estimate of drug-likeness (QED) is 0.0763. The molecule has 2 aromatic heterocycles. The Balaban J connectivity index is 1.08. The molecule has 12 heteroatoms. The fraction of sp³-hybridized carbons (Fsp3) is 0.265. The van der Waals surface area contributed by atoms with Crippen LogP contribution in [0.2, 0.25) is 0 Å². The van der Waals surface area contributed by atoms with Crippen LogP contribution in [0, 0.1) is 0 Å². The zero-order valence-corrected chi connectivity index (χ0v) is 25.9. The van der Waals surface area contributed by atoms with Crippen LogP contribution in [0.3, 0.4) is 0 Å². The summed E-state index contributed by atoms with van der Waals surface area (Å²) in [5.74, 6) is 0.166. The van der Waals surface area contributed by atoms with Crippen molar-refractivity contribution in [3.63, 3.8) is 0 Å². The van der Waals surface area contributed by atoms with Gasteiger partial charge in [0, 0.05) is 18.4 Å². The molecule has 0 aliphatic heterocycles. The van der Waals surface area contributed by atoms with E-state index in [2.05, 4.69) is 31.0 Å². The molecule has 11 nitrogen and oxygen atoms in total. The second-order valence-corrected chi connectivity index (χ2v) is 11.6. The molecule has 0 saturated heterocycles. The minimum Gasteiger partial charge on any atom is -0.491 e. The second kappa shape index (κ2) is 16.5. The smallest absolute Gasteiger partial charge is 0.259 e. The number of hydrogen-bond donors (Lipinski definition) is 5. The highest BCUT2D eigenvalue weighted by Crippen LogP contribution is 2.32. The molecule has 0 spiro atoms. The van der Waals surface area contributed by atoms with E-state index in [9.17, 15) is 20.1 Å². The Bertz CT molecular complexity index is 1670. The molecule has 2 heterocycles. The summed E-state index contributed by atoms with van der Waals surface area (Å²) in [4.78, 5) is 12.9. The summed E-state index contributed by atoms with van der Waals surface area (Å²) >= 11 is 1.26. The number of benzene rings is 3. The molecule has 46 heavy (non-hydrogen) atoms. The molecule has 3 aromatic carbocycles. The summed E-state index contributed by atoms with van der Waals surface area (Å²) in [5.41, 5.74) is 3.97. The zero-order valence-electron chi connectivity index (χ0n) is 25.1. The van der Waals surface area contributed by atoms with E-state index in [0.29, 0.717) is 29.5 Å². The van der Waals surface area contributed by atoms with Crippen LogP contribution < -0.4 is 15.4 Å². The molecule has 0 bridgehead atoms. The number of aryl methyl sites for hydroxylation is 2. The third-order valence-corrected chi connectivity index (χ3v) is 7.99. The molecule has 0 fully saturated rings. The molecule has 238 valence electrons. The first-order valence-electron chi connectivity index (χ1n) is 15.0. The van der Waals surface area contributed by atoms with Crippen molar-refractivity contribution in [1.82, 2.24) is 20.4 Å². The summed E-state index contributed by atoms with van der Waals surface area (Å²) in [7, 11) is 0. The Hall–Kier alpha value is -4.75. The molecule has 0 radical (unpaired) electrons. The Morgan fingerprint density at radius 3 is 2.33 bits per heavy atom. The fourth-order valence-electron chi connectivity index (χ4n) is 4.78. The summed E-state index contributed by atoms with van der Waals surface area (Å²) in [6, 6.07) is 28.3. The number of nitrogens with zero attached hydrogens (tertiary/aromatic N) is 4. The van der Waals surface area contributed by atoms with E-state index in [-0.39, 0.29) is 18.8 Å². The van der Waals surface area contributed by atoms with Crippen LogP contribution in [-0.2, 0) is 24.1 Å². The van der Waals surface area contributed by atoms with Crippen molar-refractivity contribution in [3.8, 4) is 16.9 Å². The molecule has 0 saturated carbocycles. The van der Waals surface area contributed by atoms with E-state index in [4.69, 9.17) is 4.74 Å². The van der Waals surface area contributed by atoms with Gasteiger partial charge >= 0.3 is 0 Å². The van der Waals surface area contributed by atoms with Crippen LogP contribution in [0.25, 0.3) is 11.1 Å². The van der Waals surface area contributed by atoms with Crippen molar-refractivity contribution < 1.29 is 24.9 Å². The normalized spacial score (nSPS) is 12.3. The van der Waals surface area contributed by atoms with Gasteiger partial charge in [0.1, 0.15) is 23.6 Å². The molecule has 2 unspecified atom stereocenters. The number of unbranched alkanes of at least 4 members (excludes halogenated alkanes) is 1. The molecular formula is C34H36N6O5S. The number of ether oxygens (including phenoxy) is 1. The van der Waals surface area contributed by atoms with Gasteiger partial charge in [0.25, 0.3) is 5.91 Å². The van der Waals surface area contributed by atoms with Gasteiger partial charge in [0.15, 0.2) is 11.9 Å². The molecule has 0 aliphatic carbocycles. The lowest BCUT2D eigenvalue weighted by Gasteiger charge is -2.16. The van der Waals surface area contributed by atoms with Gasteiger partial charge in [-0.15, -0.1) is 15.3 Å². The van der Waals surface area contributed by atoms with Gasteiger partial charge < -0.3 is 25.4 Å². The zero-order chi connectivity index (χ0) is 32.1. The van der Waals surface area contributed by atoms with Crippen molar-refractivity contribution in [1.29, 1.82) is 0 Å². The minimum absolute atomic E-state index is 0.0216. The lowest BCUT2D eigenvalue weighted by Crippen LogP contribution is -2.22. The van der Waals surface area contributed by atoms with Crippen LogP contribution in [0.1, 0.15) is 40.8 Å². The Morgan fingerprint density at radius 1 is 0.826 bits per heavy atom. The number of amides is 1. The maximum Gasteiger partial charge on any atom is 0.259 e. The molecule has 1 amide bonds. The van der Waals surface area contributed by atoms with Crippen LogP contribution in [0.15, 0.2) is 91.0 Å². The van der Waals surface area contributed by atoms with Crippen molar-refractivity contribution in [2.75, 3.05) is 23.8 Å². The number of aliphatic hydroxyl groups is 3. The predicted molar refractivity (Wildman–Crippen MR) is 176 cm³/mol. The minimum atomic E-state index is -1.51. The SMILES string of the molecule is O=C(Nc1nnc(CCCCc2ccc(NC(O)Cc3ccccc3)nn2)s1)C(O)c1ccc(-c2ccccc2)cc1OCCO. The number of hydrogen-bond acceptors (Lipinski definition) is 11. The van der Waals surface area contributed by atoms with E-state index in [0.717, 1.165) is 46.7 Å². The highest BCUT2D eigenvalue weighted by Gasteiger charge is 2.23. The van der Waals surface area contributed by atoms with E-state index in [1.807, 2.05) is 78.9 Å². The third-order valence-electron chi connectivity index (χ3n) is 7.09. The van der Waals surface area contributed by atoms with E-state index in [1.54, 1.807) is 12.1 Å². The average Bonchev–Trinajstić information content (AvgIpc) is 3.53. The van der Waals surface area contributed by atoms with Crippen molar-refractivity contribution >= 4 is 28.2 Å². The summed E-state index contributed by atoms with van der Waals surface area (Å²) in [6.07, 6.45) is 1.29. The standard InChI is InChI=1S/C34H36N6O5S/c41-19-20-45-28-22-25(24-11-5-2-6-12-24)15-17-27(28)32(43)33(44)36-34-40-39-31(46-34)14-8-7-13-26-16-18-29(38-37-26)35-30(42)21-23-9-3-1-4-10-23/h1-6,9-12,15-18,22,30,32,41-43H,7-8,13-14,19-21H2,(H,35,38)(H,36,40,44). The first-order chi connectivity index (χ1) is 22.5. The van der Waals surface area contributed by atoms with Crippen LogP contribution in [0.4, 0.5) is 10.9 Å². The highest BCUT2D eigenvalue weighted by molar-refractivity contribution is 7.15. The number of carbonyl (C=O) groups excluding carboxylic acids is 1. The van der Waals surface area contributed by atoms with Crippen molar-refractivity contribution in [2.45, 2.75) is 44.4 Å². The maximum atomic E-state index is 12.9. The van der Waals surface area contributed by atoms with E-state index >= 15 is 0 Å². The summed E-state index contributed by atoms with van der Waals surface area (Å²) < 4.78 is 5.66. The van der Waals surface area contributed by atoms with Crippen molar-refractivity contribution in [3.05, 3.63) is 113 Å². The summed E-state index contributed by atoms with van der Waals surface area (Å²) in [6.45, 7) is -0.184. The number of aliphatic hydroxyl groups excluding tert-OH is 3. The number of anilines is 2. The predicted octanol–water partition coefficient (Wildman–Crippen LogP) is 4.58. The molecule has 5 aromatic rings. The maximum absolute atomic E-state index is 12.9. The summed E-state index contributed by atoms with van der Waals surface area (Å²) in [5, 5.41) is 53.8.